The van der Waals surface area contributed by atoms with Gasteiger partial charge in [0, 0.05) is 20.2 Å². The Morgan fingerprint density at radius 2 is 1.91 bits per heavy atom. The monoisotopic (exact) mass is 443 g/mol. The first-order valence-electron chi connectivity index (χ1n) is 10.6. The first kappa shape index (κ1) is 22.0. The number of methoxy groups -OCH3 is 2. The van der Waals surface area contributed by atoms with Gasteiger partial charge in [-0.1, -0.05) is 18.2 Å². The summed E-state index contributed by atoms with van der Waals surface area (Å²) in [5.74, 6) is 1.95. The number of anilines is 2. The highest BCUT2D eigenvalue weighted by molar-refractivity contribution is 5.78. The number of rotatable bonds is 10. The van der Waals surface area contributed by atoms with Crippen LogP contribution in [0.1, 0.15) is 11.1 Å². The Morgan fingerprint density at radius 1 is 1.03 bits per heavy atom. The molecular weight excluding hydrogens is 418 g/mol. The number of ether oxygens (including phenoxy) is 2. The summed E-state index contributed by atoms with van der Waals surface area (Å²) in [7, 11) is 3.31. The molecule has 0 bridgehead atoms. The predicted octanol–water partition coefficient (Wildman–Crippen LogP) is 3.41. The van der Waals surface area contributed by atoms with Crippen molar-refractivity contribution in [3.05, 3.63) is 65.9 Å². The quantitative estimate of drug-likeness (QED) is 0.359. The molecule has 0 spiro atoms. The molecule has 0 aliphatic rings. The average Bonchev–Trinajstić information content (AvgIpc) is 3.22. The zero-order valence-corrected chi connectivity index (χ0v) is 18.6. The van der Waals surface area contributed by atoms with E-state index in [1.165, 1.54) is 0 Å². The van der Waals surface area contributed by atoms with Gasteiger partial charge in [0.1, 0.15) is 11.3 Å². The molecule has 0 radical (unpaired) electrons. The van der Waals surface area contributed by atoms with E-state index in [9.17, 15) is 5.26 Å². The Labute approximate surface area is 192 Å². The summed E-state index contributed by atoms with van der Waals surface area (Å²) in [4.78, 5) is 13.7. The van der Waals surface area contributed by atoms with E-state index in [2.05, 4.69) is 32.7 Å². The van der Waals surface area contributed by atoms with Crippen molar-refractivity contribution in [3.8, 4) is 17.5 Å². The Morgan fingerprint density at radius 3 is 2.73 bits per heavy atom. The average molecular weight is 444 g/mol. The number of hydrogen-bond donors (Lipinski definition) is 2. The van der Waals surface area contributed by atoms with Crippen molar-refractivity contribution in [2.75, 3.05) is 44.5 Å². The molecule has 33 heavy (non-hydrogen) atoms. The third-order valence-corrected chi connectivity index (χ3v) is 5.05. The number of aromatic nitrogens is 4. The molecule has 2 N–H and O–H groups in total. The van der Waals surface area contributed by atoms with Crippen LogP contribution >= 0.6 is 0 Å². The maximum absolute atomic E-state index is 9.37. The number of fused-ring (bicyclic) bond motifs is 1. The minimum atomic E-state index is 0.486. The normalized spacial score (nSPS) is 10.7. The smallest absolute Gasteiger partial charge is 0.224 e. The van der Waals surface area contributed by atoms with Crippen molar-refractivity contribution in [2.24, 2.45) is 0 Å². The Bertz CT molecular complexity index is 1280. The molecule has 9 heteroatoms. The number of hydrogen-bond acceptors (Lipinski definition) is 8. The van der Waals surface area contributed by atoms with Gasteiger partial charge in [-0.25, -0.2) is 9.97 Å². The lowest BCUT2D eigenvalue weighted by Crippen LogP contribution is -2.11. The summed E-state index contributed by atoms with van der Waals surface area (Å²) < 4.78 is 12.3. The molecule has 0 atom stereocenters. The third-order valence-electron chi connectivity index (χ3n) is 5.05. The minimum Gasteiger partial charge on any atom is -0.497 e. The van der Waals surface area contributed by atoms with Crippen molar-refractivity contribution in [2.45, 2.75) is 6.42 Å². The molecule has 4 aromatic rings. The highest BCUT2D eigenvalue weighted by Gasteiger charge is 2.15. The molecule has 2 aromatic carbocycles. The number of nitriles is 1. The van der Waals surface area contributed by atoms with Crippen LogP contribution in [0.2, 0.25) is 0 Å². The lowest BCUT2D eigenvalue weighted by molar-refractivity contribution is 0.210. The van der Waals surface area contributed by atoms with E-state index in [0.717, 1.165) is 23.4 Å². The summed E-state index contributed by atoms with van der Waals surface area (Å²) in [5.41, 5.74) is 3.80. The van der Waals surface area contributed by atoms with Gasteiger partial charge in [0.05, 0.1) is 37.2 Å². The van der Waals surface area contributed by atoms with Gasteiger partial charge >= 0.3 is 0 Å². The van der Waals surface area contributed by atoms with Gasteiger partial charge < -0.3 is 20.1 Å². The molecule has 0 aliphatic heterocycles. The van der Waals surface area contributed by atoms with Crippen molar-refractivity contribution in [1.29, 1.82) is 5.26 Å². The molecule has 0 aliphatic carbocycles. The van der Waals surface area contributed by atoms with Crippen LogP contribution in [0.4, 0.5) is 11.9 Å². The van der Waals surface area contributed by atoms with Crippen LogP contribution in [-0.4, -0.2) is 53.4 Å². The second kappa shape index (κ2) is 10.4. The summed E-state index contributed by atoms with van der Waals surface area (Å²) in [6.07, 6.45) is 2.48. The van der Waals surface area contributed by atoms with Crippen LogP contribution in [0, 0.1) is 11.3 Å². The van der Waals surface area contributed by atoms with E-state index in [-0.39, 0.29) is 0 Å². The summed E-state index contributed by atoms with van der Waals surface area (Å²) >= 11 is 0. The second-order valence-electron chi connectivity index (χ2n) is 7.28. The number of benzene rings is 2. The highest BCUT2D eigenvalue weighted by Crippen LogP contribution is 2.25. The molecule has 9 nitrogen and oxygen atoms in total. The third kappa shape index (κ3) is 5.19. The molecule has 0 amide bonds. The second-order valence-corrected chi connectivity index (χ2v) is 7.28. The van der Waals surface area contributed by atoms with Gasteiger partial charge in [0.15, 0.2) is 5.65 Å². The number of nitrogens with one attached hydrogen (secondary N) is 2. The Kier molecular flexibility index (Phi) is 6.97. The van der Waals surface area contributed by atoms with E-state index in [1.54, 1.807) is 26.5 Å². The zero-order chi connectivity index (χ0) is 23.0. The SMILES string of the molecule is COCCNc1ncc2nc(NCCc3cccc(OC)c3)n(-c3cccc(C#N)c3)c2n1. The van der Waals surface area contributed by atoms with E-state index < -0.39 is 0 Å². The summed E-state index contributed by atoms with van der Waals surface area (Å²) in [5, 5.41) is 15.9. The van der Waals surface area contributed by atoms with Gasteiger partial charge in [0.25, 0.3) is 0 Å². The molecule has 4 rings (SSSR count). The van der Waals surface area contributed by atoms with E-state index in [0.29, 0.717) is 48.3 Å². The zero-order valence-electron chi connectivity index (χ0n) is 18.6. The minimum absolute atomic E-state index is 0.486. The van der Waals surface area contributed by atoms with Crippen LogP contribution < -0.4 is 15.4 Å². The maximum atomic E-state index is 9.37. The molecule has 0 unspecified atom stereocenters. The standard InChI is InChI=1S/C24H25N7O2/c1-32-12-11-26-23-28-16-21-22(30-23)31(19-7-3-6-18(13-19)15-25)24(29-21)27-10-9-17-5-4-8-20(14-17)33-2/h3-8,13-14,16H,9-12H2,1-2H3,(H,27,29)(H,26,28,30). The predicted molar refractivity (Wildman–Crippen MR) is 127 cm³/mol. The Balaban J connectivity index is 1.65. The van der Waals surface area contributed by atoms with E-state index in [1.807, 2.05) is 41.0 Å². The molecular formula is C24H25N7O2. The van der Waals surface area contributed by atoms with Crippen molar-refractivity contribution in [3.63, 3.8) is 0 Å². The maximum Gasteiger partial charge on any atom is 0.224 e. The van der Waals surface area contributed by atoms with E-state index >= 15 is 0 Å². The fraction of sp³-hybridized carbons (Fsp3) is 0.250. The first-order chi connectivity index (χ1) is 16.2. The molecule has 168 valence electrons. The number of imidazole rings is 1. The number of nitrogens with zero attached hydrogens (tertiary/aromatic N) is 5. The van der Waals surface area contributed by atoms with Gasteiger partial charge in [-0.15, -0.1) is 0 Å². The van der Waals surface area contributed by atoms with Crippen molar-refractivity contribution >= 4 is 23.1 Å². The van der Waals surface area contributed by atoms with Crippen LogP contribution in [0.15, 0.2) is 54.7 Å². The molecule has 0 fully saturated rings. The van der Waals surface area contributed by atoms with Crippen molar-refractivity contribution in [1.82, 2.24) is 19.5 Å². The van der Waals surface area contributed by atoms with Gasteiger partial charge in [-0.05, 0) is 42.3 Å². The Hall–Kier alpha value is -4.16. The molecule has 2 heterocycles. The highest BCUT2D eigenvalue weighted by atomic mass is 16.5. The summed E-state index contributed by atoms with van der Waals surface area (Å²) in [6, 6.07) is 17.5. The van der Waals surface area contributed by atoms with Crippen LogP contribution in [-0.2, 0) is 11.2 Å². The lowest BCUT2D eigenvalue weighted by Gasteiger charge is -2.11. The van der Waals surface area contributed by atoms with Crippen molar-refractivity contribution < 1.29 is 9.47 Å². The van der Waals surface area contributed by atoms with Crippen LogP contribution in [0.5, 0.6) is 5.75 Å². The summed E-state index contributed by atoms with van der Waals surface area (Å²) in [6.45, 7) is 1.79. The largest absolute Gasteiger partial charge is 0.497 e. The molecule has 0 saturated heterocycles. The molecule has 0 saturated carbocycles. The lowest BCUT2D eigenvalue weighted by atomic mass is 10.1. The van der Waals surface area contributed by atoms with Gasteiger partial charge in [-0.2, -0.15) is 10.2 Å². The fourth-order valence-corrected chi connectivity index (χ4v) is 3.45. The van der Waals surface area contributed by atoms with Gasteiger partial charge in [0.2, 0.25) is 11.9 Å². The first-order valence-corrected chi connectivity index (χ1v) is 10.6. The molecule has 2 aromatic heterocycles. The van der Waals surface area contributed by atoms with E-state index in [4.69, 9.17) is 14.5 Å². The topological polar surface area (TPSA) is 110 Å². The van der Waals surface area contributed by atoms with Gasteiger partial charge in [-0.3, -0.25) is 4.57 Å². The van der Waals surface area contributed by atoms with Crippen LogP contribution in [0.3, 0.4) is 0 Å². The fourth-order valence-electron chi connectivity index (χ4n) is 3.45. The van der Waals surface area contributed by atoms with Crippen LogP contribution in [0.25, 0.3) is 16.9 Å².